The van der Waals surface area contributed by atoms with Gasteiger partial charge in [0.2, 0.25) is 0 Å². The normalized spacial score (nSPS) is 9.95. The number of aliphatic hydroxyl groups excluding tert-OH is 1. The molecule has 0 aliphatic heterocycles. The molecule has 0 bridgehead atoms. The van der Waals surface area contributed by atoms with Crippen LogP contribution >= 0.6 is 0 Å². The third-order valence-electron chi connectivity index (χ3n) is 2.51. The van der Waals surface area contributed by atoms with Crippen molar-refractivity contribution in [2.75, 3.05) is 6.61 Å². The average Bonchev–Trinajstić information content (AvgIpc) is 2.85. The SMILES string of the molecule is Cc1nonc1COc1cc(C#CCCO)ccc1F. The molecular formula is C14H13FN2O3. The zero-order chi connectivity index (χ0) is 14.4. The predicted molar refractivity (Wildman–Crippen MR) is 68.3 cm³/mol. The molecular weight excluding hydrogens is 263 g/mol. The van der Waals surface area contributed by atoms with Crippen molar-refractivity contribution in [3.8, 4) is 17.6 Å². The van der Waals surface area contributed by atoms with Gasteiger partial charge in [-0.3, -0.25) is 0 Å². The summed E-state index contributed by atoms with van der Waals surface area (Å²) >= 11 is 0. The van der Waals surface area contributed by atoms with Crippen LogP contribution in [0.4, 0.5) is 4.39 Å². The van der Waals surface area contributed by atoms with Gasteiger partial charge in [-0.2, -0.15) is 0 Å². The van der Waals surface area contributed by atoms with E-state index in [1.807, 2.05) is 0 Å². The third-order valence-corrected chi connectivity index (χ3v) is 2.51. The quantitative estimate of drug-likeness (QED) is 0.863. The number of hydrogen-bond donors (Lipinski definition) is 1. The summed E-state index contributed by atoms with van der Waals surface area (Å²) in [6.45, 7) is 1.79. The van der Waals surface area contributed by atoms with Gasteiger partial charge in [-0.1, -0.05) is 22.2 Å². The number of aryl methyl sites for hydroxylation is 1. The molecule has 104 valence electrons. The molecule has 0 saturated carbocycles. The second-order valence-corrected chi connectivity index (χ2v) is 4.01. The lowest BCUT2D eigenvalue weighted by Gasteiger charge is -2.05. The number of ether oxygens (including phenoxy) is 1. The van der Waals surface area contributed by atoms with E-state index in [-0.39, 0.29) is 19.0 Å². The predicted octanol–water partition coefficient (Wildman–Crippen LogP) is 1.83. The molecule has 0 aliphatic rings. The largest absolute Gasteiger partial charge is 0.484 e. The molecule has 0 unspecified atom stereocenters. The van der Waals surface area contributed by atoms with Crippen molar-refractivity contribution in [2.45, 2.75) is 20.0 Å². The van der Waals surface area contributed by atoms with Crippen LogP contribution < -0.4 is 4.74 Å². The summed E-state index contributed by atoms with van der Waals surface area (Å²) in [6.07, 6.45) is 0.372. The van der Waals surface area contributed by atoms with Crippen molar-refractivity contribution >= 4 is 0 Å². The van der Waals surface area contributed by atoms with Crippen LogP contribution in [-0.4, -0.2) is 22.0 Å². The van der Waals surface area contributed by atoms with Gasteiger partial charge in [0.1, 0.15) is 18.0 Å². The number of aromatic nitrogens is 2. The van der Waals surface area contributed by atoms with Gasteiger partial charge in [-0.15, -0.1) is 0 Å². The van der Waals surface area contributed by atoms with Gasteiger partial charge in [-0.25, -0.2) is 9.02 Å². The van der Waals surface area contributed by atoms with Gasteiger partial charge in [0.05, 0.1) is 6.61 Å². The molecule has 0 fully saturated rings. The van der Waals surface area contributed by atoms with E-state index < -0.39 is 5.82 Å². The van der Waals surface area contributed by atoms with Gasteiger partial charge < -0.3 is 9.84 Å². The monoisotopic (exact) mass is 276 g/mol. The van der Waals surface area contributed by atoms with Gasteiger partial charge >= 0.3 is 0 Å². The van der Waals surface area contributed by atoms with Crippen LogP contribution in [0.3, 0.4) is 0 Å². The van der Waals surface area contributed by atoms with E-state index in [2.05, 4.69) is 26.8 Å². The summed E-state index contributed by atoms with van der Waals surface area (Å²) in [5, 5.41) is 15.9. The van der Waals surface area contributed by atoms with Gasteiger partial charge in [0, 0.05) is 12.0 Å². The Morgan fingerprint density at radius 3 is 2.95 bits per heavy atom. The summed E-state index contributed by atoms with van der Waals surface area (Å²) in [5.74, 6) is 5.18. The van der Waals surface area contributed by atoms with E-state index in [1.54, 1.807) is 13.0 Å². The highest BCUT2D eigenvalue weighted by atomic mass is 19.1. The van der Waals surface area contributed by atoms with Crippen LogP contribution in [0.1, 0.15) is 23.4 Å². The van der Waals surface area contributed by atoms with Crippen molar-refractivity contribution in [3.05, 3.63) is 41.0 Å². The van der Waals surface area contributed by atoms with Crippen molar-refractivity contribution < 1.29 is 18.9 Å². The lowest BCUT2D eigenvalue weighted by molar-refractivity contribution is 0.262. The number of halogens is 1. The third kappa shape index (κ3) is 3.56. The fourth-order valence-electron chi connectivity index (χ4n) is 1.44. The first-order valence-electron chi connectivity index (χ1n) is 6.01. The fraction of sp³-hybridized carbons (Fsp3) is 0.286. The van der Waals surface area contributed by atoms with Crippen LogP contribution in [0, 0.1) is 24.6 Å². The molecule has 0 saturated heterocycles. The molecule has 0 spiro atoms. The number of hydrogen-bond acceptors (Lipinski definition) is 5. The Morgan fingerprint density at radius 2 is 2.25 bits per heavy atom. The molecule has 0 aliphatic carbocycles. The Balaban J connectivity index is 2.09. The van der Waals surface area contributed by atoms with Gasteiger partial charge in [-0.05, 0) is 25.1 Å². The smallest absolute Gasteiger partial charge is 0.165 e. The van der Waals surface area contributed by atoms with E-state index in [9.17, 15) is 4.39 Å². The summed E-state index contributed by atoms with van der Waals surface area (Å²) < 4.78 is 23.5. The summed E-state index contributed by atoms with van der Waals surface area (Å²) in [6, 6.07) is 4.34. The molecule has 0 amide bonds. The number of aliphatic hydroxyl groups is 1. The Bertz CT molecular complexity index is 643. The molecule has 1 heterocycles. The minimum Gasteiger partial charge on any atom is -0.484 e. The highest BCUT2D eigenvalue weighted by molar-refractivity contribution is 5.40. The molecule has 1 aromatic heterocycles. The summed E-state index contributed by atoms with van der Waals surface area (Å²) in [5.41, 5.74) is 1.73. The number of benzene rings is 1. The standard InChI is InChI=1S/C14H13FN2O3/c1-10-13(17-20-16-10)9-19-14-8-11(4-2-3-7-18)5-6-12(14)15/h5-6,8,18H,3,7,9H2,1H3. The molecule has 20 heavy (non-hydrogen) atoms. The van der Waals surface area contributed by atoms with E-state index in [1.165, 1.54) is 12.1 Å². The van der Waals surface area contributed by atoms with Crippen LogP contribution in [0.5, 0.6) is 5.75 Å². The van der Waals surface area contributed by atoms with Crippen LogP contribution in [0.15, 0.2) is 22.8 Å². The van der Waals surface area contributed by atoms with Gasteiger partial charge in [0.25, 0.3) is 0 Å². The van der Waals surface area contributed by atoms with Crippen LogP contribution in [0.2, 0.25) is 0 Å². The van der Waals surface area contributed by atoms with Crippen LogP contribution in [-0.2, 0) is 6.61 Å². The molecule has 5 nitrogen and oxygen atoms in total. The molecule has 0 radical (unpaired) electrons. The molecule has 0 atom stereocenters. The van der Waals surface area contributed by atoms with Crippen molar-refractivity contribution in [1.82, 2.24) is 10.3 Å². The Morgan fingerprint density at radius 1 is 1.40 bits per heavy atom. The van der Waals surface area contributed by atoms with E-state index in [4.69, 9.17) is 9.84 Å². The topological polar surface area (TPSA) is 68.4 Å². The molecule has 1 N–H and O–H groups in total. The molecule has 2 aromatic rings. The van der Waals surface area contributed by atoms with Crippen molar-refractivity contribution in [2.24, 2.45) is 0 Å². The Hall–Kier alpha value is -2.39. The Labute approximate surface area is 115 Å². The summed E-state index contributed by atoms with van der Waals surface area (Å²) in [4.78, 5) is 0. The zero-order valence-corrected chi connectivity index (χ0v) is 10.9. The molecule has 2 rings (SSSR count). The maximum Gasteiger partial charge on any atom is 0.165 e. The van der Waals surface area contributed by atoms with E-state index >= 15 is 0 Å². The fourth-order valence-corrected chi connectivity index (χ4v) is 1.44. The lowest BCUT2D eigenvalue weighted by Crippen LogP contribution is -1.99. The minimum absolute atomic E-state index is 0.00398. The lowest BCUT2D eigenvalue weighted by atomic mass is 10.2. The highest BCUT2D eigenvalue weighted by Crippen LogP contribution is 2.20. The maximum atomic E-state index is 13.6. The average molecular weight is 276 g/mol. The molecule has 1 aromatic carbocycles. The van der Waals surface area contributed by atoms with Gasteiger partial charge in [0.15, 0.2) is 11.6 Å². The molecule has 6 heteroatoms. The minimum atomic E-state index is -0.480. The highest BCUT2D eigenvalue weighted by Gasteiger charge is 2.09. The first-order chi connectivity index (χ1) is 9.70. The van der Waals surface area contributed by atoms with E-state index in [0.29, 0.717) is 23.4 Å². The zero-order valence-electron chi connectivity index (χ0n) is 10.9. The second kappa shape index (κ2) is 6.68. The number of nitrogens with zero attached hydrogens (tertiary/aromatic N) is 2. The van der Waals surface area contributed by atoms with E-state index in [0.717, 1.165) is 0 Å². The van der Waals surface area contributed by atoms with Crippen molar-refractivity contribution in [1.29, 1.82) is 0 Å². The van der Waals surface area contributed by atoms with Crippen LogP contribution in [0.25, 0.3) is 0 Å². The number of rotatable bonds is 4. The first kappa shape index (κ1) is 14.0. The van der Waals surface area contributed by atoms with Crippen molar-refractivity contribution in [3.63, 3.8) is 0 Å². The first-order valence-corrected chi connectivity index (χ1v) is 6.01. The Kier molecular flexibility index (Phi) is 4.69. The maximum absolute atomic E-state index is 13.6. The summed E-state index contributed by atoms with van der Waals surface area (Å²) in [7, 11) is 0. The second-order valence-electron chi connectivity index (χ2n) is 4.01.